The van der Waals surface area contributed by atoms with Crippen molar-refractivity contribution in [2.75, 3.05) is 0 Å². The number of allylic oxidation sites excluding steroid dienone is 2. The summed E-state index contributed by atoms with van der Waals surface area (Å²) >= 11 is 0. The number of aromatic nitrogens is 1. The Morgan fingerprint density at radius 1 is 1.21 bits per heavy atom. The fourth-order valence-corrected chi connectivity index (χ4v) is 1.94. The van der Waals surface area contributed by atoms with Crippen molar-refractivity contribution in [3.05, 3.63) is 66.8 Å². The zero-order valence-corrected chi connectivity index (χ0v) is 18.7. The third kappa shape index (κ3) is 7.29. The summed E-state index contributed by atoms with van der Waals surface area (Å²) in [4.78, 5) is 15.2. The van der Waals surface area contributed by atoms with Gasteiger partial charge in [0.2, 0.25) is 5.88 Å². The number of fused-ring (bicyclic) bond motifs is 1. The minimum Gasteiger partial charge on any atom is -0.512 e. The monoisotopic (exact) mass is 559 g/mol. The Balaban J connectivity index is 0.000000292. The van der Waals surface area contributed by atoms with Gasteiger partial charge < -0.3 is 14.3 Å². The van der Waals surface area contributed by atoms with Crippen LogP contribution in [0.2, 0.25) is 0 Å². The summed E-state index contributed by atoms with van der Waals surface area (Å²) in [6, 6.07) is 14.1. The number of carbonyl (C=O) groups excluding carboxylic acids is 1. The van der Waals surface area contributed by atoms with Crippen LogP contribution in [0.15, 0.2) is 65.1 Å². The maximum absolute atomic E-state index is 11.0. The van der Waals surface area contributed by atoms with Crippen molar-refractivity contribution in [1.29, 1.82) is 0 Å². The molecule has 0 saturated carbocycles. The molecule has 3 rings (SSSR count). The summed E-state index contributed by atoms with van der Waals surface area (Å²) in [6.07, 6.45) is 4.59. The Labute approximate surface area is 178 Å². The minimum absolute atomic E-state index is 0. The summed E-state index contributed by atoms with van der Waals surface area (Å²) in [5, 5.41) is 10.2. The van der Waals surface area contributed by atoms with Gasteiger partial charge in [0.1, 0.15) is 0 Å². The van der Waals surface area contributed by atoms with Crippen LogP contribution in [-0.2, 0) is 24.9 Å². The quantitative estimate of drug-likeness (QED) is 0.246. The van der Waals surface area contributed by atoms with E-state index in [0.29, 0.717) is 11.6 Å². The SMILES string of the molecule is CC(C)C(=O)/C=C(\O)C(C)C.[Ir].[c-]1ccccc1Oc1cc2ccoc2cn1. The Hall–Kier alpha value is -2.43. The Bertz CT molecular complexity index is 901. The van der Waals surface area contributed by atoms with E-state index < -0.39 is 0 Å². The first-order valence-corrected chi connectivity index (χ1v) is 8.79. The summed E-state index contributed by atoms with van der Waals surface area (Å²) in [5.74, 6) is 1.35. The zero-order valence-electron chi connectivity index (χ0n) is 16.3. The van der Waals surface area contributed by atoms with Crippen molar-refractivity contribution >= 4 is 16.8 Å². The molecule has 2 heterocycles. The van der Waals surface area contributed by atoms with E-state index in [0.717, 1.165) is 11.0 Å². The van der Waals surface area contributed by atoms with E-state index >= 15 is 0 Å². The van der Waals surface area contributed by atoms with Crippen molar-refractivity contribution in [3.8, 4) is 11.6 Å². The topological polar surface area (TPSA) is 72.6 Å². The number of pyridine rings is 1. The van der Waals surface area contributed by atoms with Crippen LogP contribution in [-0.4, -0.2) is 15.9 Å². The van der Waals surface area contributed by atoms with Gasteiger partial charge in [-0.3, -0.25) is 4.79 Å². The molecule has 0 aliphatic rings. The van der Waals surface area contributed by atoms with Gasteiger partial charge in [0.25, 0.3) is 0 Å². The van der Waals surface area contributed by atoms with Gasteiger partial charge in [-0.25, -0.2) is 4.98 Å². The number of ketones is 1. The summed E-state index contributed by atoms with van der Waals surface area (Å²) in [5.41, 5.74) is 0.754. The molecule has 0 saturated heterocycles. The number of ether oxygens (including phenoxy) is 1. The first-order valence-electron chi connectivity index (χ1n) is 8.79. The fourth-order valence-electron chi connectivity index (χ4n) is 1.94. The molecule has 0 amide bonds. The van der Waals surface area contributed by atoms with Gasteiger partial charge in [-0.15, -0.1) is 12.1 Å². The predicted molar refractivity (Wildman–Crippen MR) is 105 cm³/mol. The van der Waals surface area contributed by atoms with Crippen molar-refractivity contribution in [2.24, 2.45) is 11.8 Å². The number of nitrogens with zero attached hydrogens (tertiary/aromatic N) is 1. The maximum Gasteiger partial charge on any atom is 0.217 e. The van der Waals surface area contributed by atoms with Crippen LogP contribution in [0.3, 0.4) is 0 Å². The molecule has 0 unspecified atom stereocenters. The minimum atomic E-state index is -0.0316. The molecule has 0 spiro atoms. The molecule has 151 valence electrons. The molecule has 0 aliphatic carbocycles. The smallest absolute Gasteiger partial charge is 0.217 e. The summed E-state index contributed by atoms with van der Waals surface area (Å²) in [6.45, 7) is 7.32. The van der Waals surface area contributed by atoms with Crippen LogP contribution in [0.25, 0.3) is 11.0 Å². The third-order valence-corrected chi connectivity index (χ3v) is 3.66. The maximum atomic E-state index is 11.0. The van der Waals surface area contributed by atoms with Crippen molar-refractivity contribution in [3.63, 3.8) is 0 Å². The van der Waals surface area contributed by atoms with Crippen molar-refractivity contribution in [2.45, 2.75) is 27.7 Å². The number of rotatable bonds is 5. The molecule has 1 N–H and O–H groups in total. The molecular weight excluding hydrogens is 534 g/mol. The second-order valence-corrected chi connectivity index (χ2v) is 6.59. The molecule has 1 aromatic carbocycles. The van der Waals surface area contributed by atoms with Crippen molar-refractivity contribution < 1.29 is 39.2 Å². The average Bonchev–Trinajstić information content (AvgIpc) is 3.10. The van der Waals surface area contributed by atoms with Crippen LogP contribution in [0, 0.1) is 17.9 Å². The average molecular weight is 559 g/mol. The number of hydrogen-bond acceptors (Lipinski definition) is 5. The Morgan fingerprint density at radius 2 is 1.96 bits per heavy atom. The number of aliphatic hydroxyl groups excluding tert-OH is 1. The van der Waals surface area contributed by atoms with E-state index in [1.807, 2.05) is 58.0 Å². The van der Waals surface area contributed by atoms with Crippen molar-refractivity contribution in [1.82, 2.24) is 4.98 Å². The third-order valence-electron chi connectivity index (χ3n) is 3.66. The number of hydrogen-bond donors (Lipinski definition) is 1. The van der Waals surface area contributed by atoms with Crippen LogP contribution in [0.5, 0.6) is 11.6 Å². The fraction of sp³-hybridized carbons (Fsp3) is 0.273. The van der Waals surface area contributed by atoms with Crippen LogP contribution in [0.1, 0.15) is 27.7 Å². The van der Waals surface area contributed by atoms with Gasteiger partial charge in [0.15, 0.2) is 11.4 Å². The van der Waals surface area contributed by atoms with E-state index in [1.165, 1.54) is 6.08 Å². The normalized spacial score (nSPS) is 11.0. The number of para-hydroxylation sites is 1. The summed E-state index contributed by atoms with van der Waals surface area (Å²) in [7, 11) is 0. The number of benzene rings is 1. The first-order chi connectivity index (χ1) is 12.9. The molecule has 28 heavy (non-hydrogen) atoms. The second-order valence-electron chi connectivity index (χ2n) is 6.59. The molecule has 6 heteroatoms. The molecule has 0 aliphatic heterocycles. The summed E-state index contributed by atoms with van der Waals surface area (Å²) < 4.78 is 10.7. The molecule has 0 fully saturated rings. The molecule has 0 atom stereocenters. The van der Waals surface area contributed by atoms with Gasteiger partial charge >= 0.3 is 0 Å². The van der Waals surface area contributed by atoms with Gasteiger partial charge in [0, 0.05) is 55.2 Å². The van der Waals surface area contributed by atoms with Crippen LogP contribution < -0.4 is 4.74 Å². The van der Waals surface area contributed by atoms with Crippen LogP contribution >= 0.6 is 0 Å². The number of furan rings is 1. The van der Waals surface area contributed by atoms with E-state index in [4.69, 9.17) is 9.15 Å². The Morgan fingerprint density at radius 3 is 2.57 bits per heavy atom. The Kier molecular flexibility index (Phi) is 9.63. The molecule has 1 radical (unpaired) electrons. The largest absolute Gasteiger partial charge is 0.512 e. The first kappa shape index (κ1) is 23.6. The van der Waals surface area contributed by atoms with E-state index in [1.54, 1.807) is 18.5 Å². The van der Waals surface area contributed by atoms with Gasteiger partial charge in [0.05, 0.1) is 18.2 Å². The van der Waals surface area contributed by atoms with E-state index in [2.05, 4.69) is 11.1 Å². The number of carbonyl (C=O) groups is 1. The van der Waals surface area contributed by atoms with E-state index in [-0.39, 0.29) is 43.5 Å². The molecule has 5 nitrogen and oxygen atoms in total. The van der Waals surface area contributed by atoms with Crippen LogP contribution in [0.4, 0.5) is 0 Å². The van der Waals surface area contributed by atoms with Gasteiger partial charge in [-0.2, -0.15) is 18.2 Å². The molecule has 0 bridgehead atoms. The number of aliphatic hydroxyl groups is 1. The molecule has 3 aromatic rings. The molecule has 2 aromatic heterocycles. The predicted octanol–water partition coefficient (Wildman–Crippen LogP) is 5.73. The van der Waals surface area contributed by atoms with E-state index in [9.17, 15) is 9.90 Å². The van der Waals surface area contributed by atoms with Gasteiger partial charge in [-0.05, 0) is 6.07 Å². The second kappa shape index (κ2) is 11.4. The zero-order chi connectivity index (χ0) is 19.8. The molecular formula is C22H24IrNO4-. The van der Waals surface area contributed by atoms with Gasteiger partial charge in [-0.1, -0.05) is 27.7 Å². The standard InChI is InChI=1S/C13H8NO2.C9H16O2.Ir/c1-2-4-11(5-3-1)16-13-8-10-6-7-15-12(10)9-14-13;1-6(2)8(10)5-9(11)7(3)4;/h1-4,6-9H;5-7,10H,1-4H3;/q-1;;/b;8-5-;.